The van der Waals surface area contributed by atoms with Gasteiger partial charge in [-0.15, -0.1) is 0 Å². The fourth-order valence-corrected chi connectivity index (χ4v) is 3.22. The van der Waals surface area contributed by atoms with Crippen LogP contribution in [0.4, 0.5) is 0 Å². The topological polar surface area (TPSA) is 53.0 Å². The smallest absolute Gasteiger partial charge is 0.317 e. The maximum Gasteiger partial charge on any atom is 0.317 e. The van der Waals surface area contributed by atoms with E-state index in [-0.39, 0.29) is 12.6 Å². The molecular formula is C18H28N2O3. The van der Waals surface area contributed by atoms with Gasteiger partial charge in [-0.2, -0.15) is 0 Å². The Balaban J connectivity index is 1.76. The number of carboxylic acid groups (broad SMARTS) is 1. The van der Waals surface area contributed by atoms with Crippen LogP contribution in [-0.4, -0.2) is 73.4 Å². The molecule has 0 aromatic heterocycles. The summed E-state index contributed by atoms with van der Waals surface area (Å²) in [6, 6.07) is 10.6. The molecule has 5 heteroatoms. The van der Waals surface area contributed by atoms with Crippen molar-refractivity contribution in [2.24, 2.45) is 5.92 Å². The lowest BCUT2D eigenvalue weighted by molar-refractivity contribution is -0.138. The van der Waals surface area contributed by atoms with Gasteiger partial charge in [-0.25, -0.2) is 0 Å². The minimum atomic E-state index is -0.795. The molecule has 128 valence electrons. The van der Waals surface area contributed by atoms with Crippen LogP contribution in [0.1, 0.15) is 12.5 Å². The Hall–Kier alpha value is -1.43. The number of ether oxygens (including phenoxy) is 1. The predicted molar refractivity (Wildman–Crippen MR) is 90.6 cm³/mol. The highest BCUT2D eigenvalue weighted by molar-refractivity contribution is 5.69. The Labute approximate surface area is 138 Å². The molecule has 1 aliphatic heterocycles. The molecule has 0 radical (unpaired) electrons. The number of morpholine rings is 1. The molecule has 1 heterocycles. The van der Waals surface area contributed by atoms with E-state index < -0.39 is 5.97 Å². The second kappa shape index (κ2) is 9.01. The Morgan fingerprint density at radius 1 is 1.43 bits per heavy atom. The van der Waals surface area contributed by atoms with Crippen molar-refractivity contribution >= 4 is 5.97 Å². The van der Waals surface area contributed by atoms with Crippen LogP contribution in [-0.2, 0) is 16.0 Å². The first-order valence-corrected chi connectivity index (χ1v) is 8.31. The number of likely N-dealkylation sites (N-methyl/N-ethyl adjacent to an activating group) is 1. The Morgan fingerprint density at radius 2 is 2.17 bits per heavy atom. The number of aliphatic carboxylic acids is 1. The summed E-state index contributed by atoms with van der Waals surface area (Å²) in [7, 11) is 1.83. The average molecular weight is 320 g/mol. The van der Waals surface area contributed by atoms with Crippen molar-refractivity contribution in [3.05, 3.63) is 35.9 Å². The van der Waals surface area contributed by atoms with Gasteiger partial charge in [-0.3, -0.25) is 14.6 Å². The first-order chi connectivity index (χ1) is 11.0. The Bertz CT molecular complexity index is 480. The fraction of sp³-hybridized carbons (Fsp3) is 0.611. The van der Waals surface area contributed by atoms with E-state index >= 15 is 0 Å². The van der Waals surface area contributed by atoms with Crippen molar-refractivity contribution in [2.45, 2.75) is 19.4 Å². The van der Waals surface area contributed by atoms with Crippen LogP contribution in [0.5, 0.6) is 0 Å². The molecule has 1 aliphatic rings. The van der Waals surface area contributed by atoms with E-state index in [1.165, 1.54) is 5.56 Å². The summed E-state index contributed by atoms with van der Waals surface area (Å²) >= 11 is 0. The van der Waals surface area contributed by atoms with Gasteiger partial charge in [0.05, 0.1) is 19.3 Å². The number of benzene rings is 1. The van der Waals surface area contributed by atoms with Crippen LogP contribution in [0, 0.1) is 5.92 Å². The lowest BCUT2D eigenvalue weighted by atomic mass is 10.0. The molecule has 1 fully saturated rings. The summed E-state index contributed by atoms with van der Waals surface area (Å²) in [6.07, 6.45) is 1.18. The number of rotatable bonds is 8. The molecule has 1 aromatic carbocycles. The van der Waals surface area contributed by atoms with Gasteiger partial charge in [0.25, 0.3) is 0 Å². The molecule has 2 rings (SSSR count). The number of nitrogens with zero attached hydrogens (tertiary/aromatic N) is 2. The maximum absolute atomic E-state index is 10.7. The van der Waals surface area contributed by atoms with E-state index in [4.69, 9.17) is 9.84 Å². The van der Waals surface area contributed by atoms with Crippen molar-refractivity contribution in [3.63, 3.8) is 0 Å². The predicted octanol–water partition coefficient (Wildman–Crippen LogP) is 1.58. The van der Waals surface area contributed by atoms with Crippen molar-refractivity contribution in [2.75, 3.05) is 46.4 Å². The van der Waals surface area contributed by atoms with Crippen molar-refractivity contribution in [1.82, 2.24) is 9.80 Å². The van der Waals surface area contributed by atoms with Gasteiger partial charge >= 0.3 is 5.97 Å². The van der Waals surface area contributed by atoms with Gasteiger partial charge in [-0.05, 0) is 24.9 Å². The van der Waals surface area contributed by atoms with Crippen molar-refractivity contribution in [1.29, 1.82) is 0 Å². The Morgan fingerprint density at radius 3 is 2.87 bits per heavy atom. The monoisotopic (exact) mass is 320 g/mol. The molecule has 0 aliphatic carbocycles. The molecule has 1 aromatic rings. The van der Waals surface area contributed by atoms with Gasteiger partial charge in [0.1, 0.15) is 0 Å². The van der Waals surface area contributed by atoms with Gasteiger partial charge in [0.15, 0.2) is 0 Å². The molecule has 5 nitrogen and oxygen atoms in total. The molecule has 0 bridgehead atoms. The van der Waals surface area contributed by atoms with Crippen LogP contribution < -0.4 is 0 Å². The summed E-state index contributed by atoms with van der Waals surface area (Å²) in [4.78, 5) is 15.0. The van der Waals surface area contributed by atoms with Crippen molar-refractivity contribution in [3.8, 4) is 0 Å². The third-order valence-electron chi connectivity index (χ3n) is 4.14. The largest absolute Gasteiger partial charge is 0.480 e. The molecule has 2 atom stereocenters. The van der Waals surface area contributed by atoms with E-state index in [2.05, 4.69) is 36.1 Å². The number of hydrogen-bond donors (Lipinski definition) is 1. The summed E-state index contributed by atoms with van der Waals surface area (Å²) in [5.74, 6) is -0.204. The van der Waals surface area contributed by atoms with Crippen molar-refractivity contribution < 1.29 is 14.6 Å². The molecule has 2 unspecified atom stereocenters. The highest BCUT2D eigenvalue weighted by Crippen LogP contribution is 2.13. The molecular weight excluding hydrogens is 292 g/mol. The number of hydrogen-bond acceptors (Lipinski definition) is 4. The standard InChI is InChI=1S/C18H28N2O3/c1-15(10-16-6-4-3-5-7-16)11-20-8-9-23-17(13-20)12-19(2)14-18(21)22/h3-7,15,17H,8-14H2,1-2H3,(H,21,22). The average Bonchev–Trinajstić information content (AvgIpc) is 2.47. The third-order valence-corrected chi connectivity index (χ3v) is 4.14. The van der Waals surface area contributed by atoms with Crippen LogP contribution in [0.15, 0.2) is 30.3 Å². The molecule has 23 heavy (non-hydrogen) atoms. The lowest BCUT2D eigenvalue weighted by Gasteiger charge is -2.35. The minimum absolute atomic E-state index is 0.0598. The SMILES string of the molecule is CC(Cc1ccccc1)CN1CCOC(CN(C)CC(=O)O)C1. The van der Waals surface area contributed by atoms with Crippen LogP contribution >= 0.6 is 0 Å². The first kappa shape index (κ1) is 17.9. The molecule has 0 amide bonds. The van der Waals surface area contributed by atoms with Crippen LogP contribution in [0.2, 0.25) is 0 Å². The second-order valence-corrected chi connectivity index (χ2v) is 6.64. The van der Waals surface area contributed by atoms with Crippen LogP contribution in [0.3, 0.4) is 0 Å². The minimum Gasteiger partial charge on any atom is -0.480 e. The summed E-state index contributed by atoms with van der Waals surface area (Å²) in [5.41, 5.74) is 1.38. The van der Waals surface area contributed by atoms with Gasteiger partial charge < -0.3 is 9.84 Å². The van der Waals surface area contributed by atoms with Gasteiger partial charge in [0, 0.05) is 26.2 Å². The molecule has 1 saturated heterocycles. The van der Waals surface area contributed by atoms with E-state index in [1.807, 2.05) is 18.0 Å². The lowest BCUT2D eigenvalue weighted by Crippen LogP contribution is -2.48. The maximum atomic E-state index is 10.7. The Kier molecular flexibility index (Phi) is 7.02. The zero-order valence-electron chi connectivity index (χ0n) is 14.1. The zero-order valence-corrected chi connectivity index (χ0v) is 14.1. The summed E-state index contributed by atoms with van der Waals surface area (Å²) in [5, 5.41) is 8.83. The zero-order chi connectivity index (χ0) is 16.7. The molecule has 1 N–H and O–H groups in total. The highest BCUT2D eigenvalue weighted by Gasteiger charge is 2.23. The number of carbonyl (C=O) groups is 1. The highest BCUT2D eigenvalue weighted by atomic mass is 16.5. The molecule has 0 spiro atoms. The van der Waals surface area contributed by atoms with E-state index in [0.29, 0.717) is 12.5 Å². The van der Waals surface area contributed by atoms with E-state index in [9.17, 15) is 4.79 Å². The van der Waals surface area contributed by atoms with Gasteiger partial charge in [-0.1, -0.05) is 37.3 Å². The van der Waals surface area contributed by atoms with E-state index in [0.717, 1.165) is 32.7 Å². The van der Waals surface area contributed by atoms with Crippen LogP contribution in [0.25, 0.3) is 0 Å². The van der Waals surface area contributed by atoms with E-state index in [1.54, 1.807) is 0 Å². The summed E-state index contributed by atoms with van der Waals surface area (Å²) in [6.45, 7) is 6.62. The quantitative estimate of drug-likeness (QED) is 0.788. The number of carboxylic acids is 1. The summed E-state index contributed by atoms with van der Waals surface area (Å²) < 4.78 is 5.78. The molecule has 0 saturated carbocycles. The fourth-order valence-electron chi connectivity index (χ4n) is 3.22. The normalized spacial score (nSPS) is 20.6. The third kappa shape index (κ3) is 6.69. The first-order valence-electron chi connectivity index (χ1n) is 8.31. The van der Waals surface area contributed by atoms with Gasteiger partial charge in [0.2, 0.25) is 0 Å². The second-order valence-electron chi connectivity index (χ2n) is 6.64.